The van der Waals surface area contributed by atoms with Gasteiger partial charge in [0, 0.05) is 18.8 Å². The average Bonchev–Trinajstić information content (AvgIpc) is 2.66. The summed E-state index contributed by atoms with van der Waals surface area (Å²) in [5, 5.41) is 0. The monoisotopic (exact) mass is 248 g/mol. The van der Waals surface area contributed by atoms with Crippen molar-refractivity contribution < 1.29 is 0 Å². The minimum atomic E-state index is -0.0669. The summed E-state index contributed by atoms with van der Waals surface area (Å²) in [6.07, 6.45) is 0. The van der Waals surface area contributed by atoms with Crippen LogP contribution in [0.1, 0.15) is 13.8 Å². The summed E-state index contributed by atoms with van der Waals surface area (Å²) in [5.74, 6) is 0. The van der Waals surface area contributed by atoms with E-state index in [4.69, 9.17) is 5.73 Å². The fraction of sp³-hybridized carbons (Fsp3) is 0.462. The number of nitrogens with two attached hydrogens (primary N) is 1. The zero-order chi connectivity index (χ0) is 13.1. The number of H-pyrrole nitrogens is 1. The van der Waals surface area contributed by atoms with Gasteiger partial charge in [-0.25, -0.2) is 4.79 Å². The van der Waals surface area contributed by atoms with E-state index < -0.39 is 0 Å². The van der Waals surface area contributed by atoms with E-state index in [2.05, 4.69) is 23.7 Å². The molecule has 0 amide bonds. The Bertz CT molecular complexity index is 580. The molecule has 98 valence electrons. The molecule has 0 unspecified atom stereocenters. The lowest BCUT2D eigenvalue weighted by molar-refractivity contribution is 0.290. The number of fused-ring (bicyclic) bond motifs is 1. The maximum Gasteiger partial charge on any atom is 0.326 e. The van der Waals surface area contributed by atoms with Gasteiger partial charge < -0.3 is 15.6 Å². The van der Waals surface area contributed by atoms with Crippen LogP contribution in [0.3, 0.4) is 0 Å². The zero-order valence-electron chi connectivity index (χ0n) is 10.9. The molecule has 0 aliphatic heterocycles. The summed E-state index contributed by atoms with van der Waals surface area (Å²) in [4.78, 5) is 17.0. The zero-order valence-corrected chi connectivity index (χ0v) is 10.9. The van der Waals surface area contributed by atoms with Crippen LogP contribution in [-0.4, -0.2) is 34.1 Å². The molecule has 0 bridgehead atoms. The van der Waals surface area contributed by atoms with Gasteiger partial charge in [0.15, 0.2) is 0 Å². The van der Waals surface area contributed by atoms with Crippen molar-refractivity contribution in [2.75, 3.05) is 25.4 Å². The van der Waals surface area contributed by atoms with Crippen molar-refractivity contribution >= 4 is 16.7 Å². The molecule has 5 nitrogen and oxygen atoms in total. The van der Waals surface area contributed by atoms with Crippen molar-refractivity contribution in [3.63, 3.8) is 0 Å². The third kappa shape index (κ3) is 2.41. The molecule has 2 aromatic rings. The van der Waals surface area contributed by atoms with Crippen LogP contribution in [0.4, 0.5) is 5.69 Å². The van der Waals surface area contributed by atoms with Crippen molar-refractivity contribution in [1.82, 2.24) is 14.5 Å². The number of rotatable bonds is 5. The molecule has 0 saturated heterocycles. The van der Waals surface area contributed by atoms with Crippen LogP contribution >= 0.6 is 0 Å². The van der Waals surface area contributed by atoms with Crippen molar-refractivity contribution in [2.45, 2.75) is 20.4 Å². The number of hydrogen-bond acceptors (Lipinski definition) is 3. The molecule has 0 spiro atoms. The lowest BCUT2D eigenvalue weighted by atomic mass is 10.3. The molecule has 5 heteroatoms. The fourth-order valence-corrected chi connectivity index (χ4v) is 2.18. The summed E-state index contributed by atoms with van der Waals surface area (Å²) in [6.45, 7) is 7.83. The standard InChI is InChI=1S/C13H20N4O/c1-3-16(4-2)7-8-17-12-6-5-10(14)9-11(12)15-13(17)18/h5-6,9H,3-4,7-8,14H2,1-2H3,(H,15,18). The molecule has 0 fully saturated rings. The Hall–Kier alpha value is -1.75. The van der Waals surface area contributed by atoms with E-state index in [1.54, 1.807) is 10.6 Å². The van der Waals surface area contributed by atoms with Crippen LogP contribution in [-0.2, 0) is 6.54 Å². The molecular weight excluding hydrogens is 228 g/mol. The molecular formula is C13H20N4O. The van der Waals surface area contributed by atoms with Crippen LogP contribution in [0.2, 0.25) is 0 Å². The van der Waals surface area contributed by atoms with Gasteiger partial charge in [-0.3, -0.25) is 4.57 Å². The number of nitrogens with zero attached hydrogens (tertiary/aromatic N) is 2. The Morgan fingerprint density at radius 3 is 2.72 bits per heavy atom. The summed E-state index contributed by atoms with van der Waals surface area (Å²) in [7, 11) is 0. The van der Waals surface area contributed by atoms with Gasteiger partial charge >= 0.3 is 5.69 Å². The summed E-state index contributed by atoms with van der Waals surface area (Å²) in [5.41, 5.74) is 8.03. The fourth-order valence-electron chi connectivity index (χ4n) is 2.18. The van der Waals surface area contributed by atoms with E-state index in [0.717, 1.165) is 30.7 Å². The molecule has 0 radical (unpaired) electrons. The van der Waals surface area contributed by atoms with Gasteiger partial charge in [0.1, 0.15) is 0 Å². The topological polar surface area (TPSA) is 67.0 Å². The summed E-state index contributed by atoms with van der Waals surface area (Å²) in [6, 6.07) is 5.51. The number of hydrogen-bond donors (Lipinski definition) is 2. The molecule has 0 saturated carbocycles. The number of anilines is 1. The third-order valence-electron chi connectivity index (χ3n) is 3.33. The minimum Gasteiger partial charge on any atom is -0.399 e. The molecule has 0 atom stereocenters. The van der Waals surface area contributed by atoms with Gasteiger partial charge in [0.2, 0.25) is 0 Å². The molecule has 18 heavy (non-hydrogen) atoms. The van der Waals surface area contributed by atoms with Crippen molar-refractivity contribution in [3.8, 4) is 0 Å². The van der Waals surface area contributed by atoms with E-state index in [1.165, 1.54) is 0 Å². The van der Waals surface area contributed by atoms with Crippen LogP contribution in [0.25, 0.3) is 11.0 Å². The normalized spacial score (nSPS) is 11.5. The first kappa shape index (κ1) is 12.7. The predicted octanol–water partition coefficient (Wildman–Crippen LogP) is 1.25. The Morgan fingerprint density at radius 2 is 2.06 bits per heavy atom. The van der Waals surface area contributed by atoms with Crippen LogP contribution in [0.5, 0.6) is 0 Å². The van der Waals surface area contributed by atoms with Gasteiger partial charge in [0.05, 0.1) is 11.0 Å². The highest BCUT2D eigenvalue weighted by molar-refractivity contribution is 5.78. The Kier molecular flexibility index (Phi) is 3.72. The highest BCUT2D eigenvalue weighted by Crippen LogP contribution is 2.13. The summed E-state index contributed by atoms with van der Waals surface area (Å²) < 4.78 is 1.77. The van der Waals surface area contributed by atoms with Crippen molar-refractivity contribution in [2.24, 2.45) is 0 Å². The molecule has 1 heterocycles. The number of nitrogens with one attached hydrogen (secondary N) is 1. The maximum absolute atomic E-state index is 11.9. The Balaban J connectivity index is 2.28. The first-order valence-electron chi connectivity index (χ1n) is 6.36. The van der Waals surface area contributed by atoms with E-state index in [1.807, 2.05) is 12.1 Å². The van der Waals surface area contributed by atoms with Gasteiger partial charge in [-0.1, -0.05) is 13.8 Å². The quantitative estimate of drug-likeness (QED) is 0.783. The summed E-state index contributed by atoms with van der Waals surface area (Å²) >= 11 is 0. The van der Waals surface area contributed by atoms with Gasteiger partial charge in [0.25, 0.3) is 0 Å². The van der Waals surface area contributed by atoms with E-state index in [0.29, 0.717) is 12.2 Å². The second-order valence-electron chi connectivity index (χ2n) is 4.39. The van der Waals surface area contributed by atoms with Gasteiger partial charge in [-0.2, -0.15) is 0 Å². The second-order valence-corrected chi connectivity index (χ2v) is 4.39. The second kappa shape index (κ2) is 5.27. The van der Waals surface area contributed by atoms with E-state index in [9.17, 15) is 4.79 Å². The Labute approximate surface area is 106 Å². The van der Waals surface area contributed by atoms with E-state index >= 15 is 0 Å². The van der Waals surface area contributed by atoms with Crippen LogP contribution < -0.4 is 11.4 Å². The highest BCUT2D eigenvalue weighted by atomic mass is 16.1. The van der Waals surface area contributed by atoms with Crippen molar-refractivity contribution in [1.29, 1.82) is 0 Å². The minimum absolute atomic E-state index is 0.0669. The molecule has 1 aromatic carbocycles. The lowest BCUT2D eigenvalue weighted by Crippen LogP contribution is -2.29. The average molecular weight is 248 g/mol. The number of imidazole rings is 1. The Morgan fingerprint density at radius 1 is 1.33 bits per heavy atom. The maximum atomic E-state index is 11.9. The smallest absolute Gasteiger partial charge is 0.326 e. The van der Waals surface area contributed by atoms with Crippen LogP contribution in [0.15, 0.2) is 23.0 Å². The molecule has 3 N–H and O–H groups in total. The van der Waals surface area contributed by atoms with Crippen molar-refractivity contribution in [3.05, 3.63) is 28.7 Å². The number of aromatic amines is 1. The van der Waals surface area contributed by atoms with Gasteiger partial charge in [-0.05, 0) is 31.3 Å². The molecule has 2 rings (SSSR count). The lowest BCUT2D eigenvalue weighted by Gasteiger charge is -2.17. The van der Waals surface area contributed by atoms with Crippen LogP contribution in [0, 0.1) is 0 Å². The molecule has 0 aliphatic rings. The molecule has 0 aliphatic carbocycles. The van der Waals surface area contributed by atoms with Gasteiger partial charge in [-0.15, -0.1) is 0 Å². The largest absolute Gasteiger partial charge is 0.399 e. The first-order valence-corrected chi connectivity index (χ1v) is 6.36. The van der Waals surface area contributed by atoms with E-state index in [-0.39, 0.29) is 5.69 Å². The molecule has 1 aromatic heterocycles. The number of likely N-dealkylation sites (N-methyl/N-ethyl adjacent to an activating group) is 1. The number of aromatic nitrogens is 2. The number of nitrogen functional groups attached to an aromatic ring is 1. The predicted molar refractivity (Wildman–Crippen MR) is 74.8 cm³/mol. The SMILES string of the molecule is CCN(CC)CCn1c(=O)[nH]c2cc(N)ccc21. The highest BCUT2D eigenvalue weighted by Gasteiger charge is 2.07. The number of benzene rings is 1. The third-order valence-corrected chi connectivity index (χ3v) is 3.33. The first-order chi connectivity index (χ1) is 8.65.